The van der Waals surface area contributed by atoms with Gasteiger partial charge in [-0.3, -0.25) is 14.6 Å². The maximum atomic E-state index is 13.2. The summed E-state index contributed by atoms with van der Waals surface area (Å²) < 4.78 is 5.21. The van der Waals surface area contributed by atoms with Gasteiger partial charge in [-0.05, 0) is 45.2 Å². The summed E-state index contributed by atoms with van der Waals surface area (Å²) in [6, 6.07) is 3.49. The van der Waals surface area contributed by atoms with Crippen LogP contribution in [0.5, 0.6) is 0 Å². The normalized spacial score (nSPS) is 20.5. The first-order chi connectivity index (χ1) is 14.5. The van der Waals surface area contributed by atoms with Crippen LogP contribution < -0.4 is 5.32 Å². The van der Waals surface area contributed by atoms with Gasteiger partial charge < -0.3 is 14.7 Å². The molecule has 7 nitrogen and oxygen atoms in total. The zero-order chi connectivity index (χ0) is 21.1. The van der Waals surface area contributed by atoms with Crippen LogP contribution >= 0.6 is 0 Å². The molecule has 2 fully saturated rings. The summed E-state index contributed by atoms with van der Waals surface area (Å²) in [7, 11) is 0. The Balaban J connectivity index is 1.45. The van der Waals surface area contributed by atoms with Gasteiger partial charge in [0.15, 0.2) is 0 Å². The van der Waals surface area contributed by atoms with Crippen molar-refractivity contribution >= 4 is 11.8 Å². The molecule has 1 aliphatic carbocycles. The Labute approximate surface area is 177 Å². The second kappa shape index (κ2) is 8.58. The highest BCUT2D eigenvalue weighted by atomic mass is 16.5. The van der Waals surface area contributed by atoms with Crippen LogP contribution in [-0.4, -0.2) is 46.5 Å². The van der Waals surface area contributed by atoms with Crippen molar-refractivity contribution in [3.05, 3.63) is 47.1 Å². The van der Waals surface area contributed by atoms with Gasteiger partial charge in [0.2, 0.25) is 5.91 Å². The van der Waals surface area contributed by atoms with Gasteiger partial charge in [0.05, 0.1) is 11.6 Å². The second-order valence-electron chi connectivity index (χ2n) is 8.74. The number of hydrogen-bond donors (Lipinski definition) is 1. The first-order valence-electron chi connectivity index (χ1n) is 10.9. The molecule has 2 amide bonds. The summed E-state index contributed by atoms with van der Waals surface area (Å²) in [4.78, 5) is 32.1. The standard InChI is InChI=1S/C23H30N4O3/c1-16-19(17(2)30-26-16)8-13-25-21(28)20-14-27(15-23(20)9-4-3-5-10-23)22(29)18-6-11-24-12-7-18/h6-7,11-12,20H,3-5,8-10,13-15H2,1-2H3,(H,25,28). The third-order valence-electron chi connectivity index (χ3n) is 6.88. The molecule has 4 rings (SSSR count). The summed E-state index contributed by atoms with van der Waals surface area (Å²) in [5.41, 5.74) is 2.47. The number of aryl methyl sites for hydroxylation is 2. The van der Waals surface area contributed by atoms with E-state index in [0.29, 0.717) is 31.6 Å². The predicted octanol–water partition coefficient (Wildman–Crippen LogP) is 3.07. The van der Waals surface area contributed by atoms with Crippen molar-refractivity contribution in [2.75, 3.05) is 19.6 Å². The summed E-state index contributed by atoms with van der Waals surface area (Å²) in [5.74, 6) is 0.704. The van der Waals surface area contributed by atoms with Gasteiger partial charge in [0, 0.05) is 48.6 Å². The number of carbonyl (C=O) groups excluding carboxylic acids is 2. The van der Waals surface area contributed by atoms with Crippen LogP contribution in [0.1, 0.15) is 59.5 Å². The van der Waals surface area contributed by atoms with Crippen LogP contribution in [0.3, 0.4) is 0 Å². The minimum Gasteiger partial charge on any atom is -0.361 e. The van der Waals surface area contributed by atoms with Crippen molar-refractivity contribution in [3.8, 4) is 0 Å². The molecule has 1 spiro atoms. The van der Waals surface area contributed by atoms with Crippen molar-refractivity contribution < 1.29 is 14.1 Å². The smallest absolute Gasteiger partial charge is 0.254 e. The molecule has 7 heteroatoms. The van der Waals surface area contributed by atoms with Gasteiger partial charge >= 0.3 is 0 Å². The van der Waals surface area contributed by atoms with E-state index in [2.05, 4.69) is 15.5 Å². The molecule has 1 atom stereocenters. The van der Waals surface area contributed by atoms with E-state index >= 15 is 0 Å². The van der Waals surface area contributed by atoms with Gasteiger partial charge in [-0.1, -0.05) is 24.4 Å². The van der Waals surface area contributed by atoms with Crippen LogP contribution in [0.25, 0.3) is 0 Å². The highest BCUT2D eigenvalue weighted by Crippen LogP contribution is 2.48. The summed E-state index contributed by atoms with van der Waals surface area (Å²) >= 11 is 0. The van der Waals surface area contributed by atoms with Crippen molar-refractivity contribution in [1.82, 2.24) is 20.4 Å². The van der Waals surface area contributed by atoms with Crippen LogP contribution in [0.2, 0.25) is 0 Å². The lowest BCUT2D eigenvalue weighted by molar-refractivity contribution is -0.128. The van der Waals surface area contributed by atoms with Crippen molar-refractivity contribution in [2.45, 2.75) is 52.4 Å². The molecule has 1 N–H and O–H groups in total. The van der Waals surface area contributed by atoms with E-state index in [4.69, 9.17) is 4.52 Å². The van der Waals surface area contributed by atoms with Crippen LogP contribution in [-0.2, 0) is 11.2 Å². The van der Waals surface area contributed by atoms with Gasteiger partial charge in [-0.15, -0.1) is 0 Å². The Morgan fingerprint density at radius 1 is 1.20 bits per heavy atom. The summed E-state index contributed by atoms with van der Waals surface area (Å²) in [6.07, 6.45) is 9.45. The lowest BCUT2D eigenvalue weighted by atomic mass is 9.67. The fourth-order valence-corrected chi connectivity index (χ4v) is 5.22. The molecule has 160 valence electrons. The monoisotopic (exact) mass is 410 g/mol. The number of aromatic nitrogens is 2. The molecule has 2 aromatic rings. The third kappa shape index (κ3) is 3.98. The average molecular weight is 411 g/mol. The molecule has 0 bridgehead atoms. The Kier molecular flexibility index (Phi) is 5.88. The molecule has 1 saturated heterocycles. The molecule has 3 heterocycles. The number of rotatable bonds is 5. The molecule has 0 aromatic carbocycles. The van der Waals surface area contributed by atoms with Gasteiger partial charge in [0.1, 0.15) is 5.76 Å². The number of carbonyl (C=O) groups is 2. The molecule has 1 unspecified atom stereocenters. The Morgan fingerprint density at radius 3 is 2.60 bits per heavy atom. The fourth-order valence-electron chi connectivity index (χ4n) is 5.22. The molecule has 2 aromatic heterocycles. The fraction of sp³-hybridized carbons (Fsp3) is 0.565. The zero-order valence-corrected chi connectivity index (χ0v) is 17.8. The van der Waals surface area contributed by atoms with E-state index in [9.17, 15) is 9.59 Å². The SMILES string of the molecule is Cc1noc(C)c1CCNC(=O)C1CN(C(=O)c2ccncc2)CC12CCCCC2. The lowest BCUT2D eigenvalue weighted by Crippen LogP contribution is -2.43. The molecule has 1 aliphatic heterocycles. The van der Waals surface area contributed by atoms with Crippen LogP contribution in [0, 0.1) is 25.2 Å². The third-order valence-corrected chi connectivity index (χ3v) is 6.88. The maximum Gasteiger partial charge on any atom is 0.254 e. The quantitative estimate of drug-likeness (QED) is 0.818. The minimum atomic E-state index is -0.159. The first-order valence-corrected chi connectivity index (χ1v) is 10.9. The Morgan fingerprint density at radius 2 is 1.93 bits per heavy atom. The molecule has 0 radical (unpaired) electrons. The lowest BCUT2D eigenvalue weighted by Gasteiger charge is -2.37. The number of likely N-dealkylation sites (tertiary alicyclic amines) is 1. The van der Waals surface area contributed by atoms with Gasteiger partial charge in [-0.25, -0.2) is 0 Å². The van der Waals surface area contributed by atoms with E-state index in [-0.39, 0.29) is 23.1 Å². The summed E-state index contributed by atoms with van der Waals surface area (Å²) in [5, 5.41) is 7.11. The second-order valence-corrected chi connectivity index (χ2v) is 8.74. The Hall–Kier alpha value is -2.70. The van der Waals surface area contributed by atoms with Crippen molar-refractivity contribution in [1.29, 1.82) is 0 Å². The minimum absolute atomic E-state index is 0.00614. The van der Waals surface area contributed by atoms with E-state index in [1.54, 1.807) is 24.5 Å². The topological polar surface area (TPSA) is 88.3 Å². The number of pyridine rings is 1. The average Bonchev–Trinajstić information content (AvgIpc) is 3.29. The van der Waals surface area contributed by atoms with Crippen molar-refractivity contribution in [3.63, 3.8) is 0 Å². The number of nitrogens with one attached hydrogen (secondary N) is 1. The first kappa shape index (κ1) is 20.6. The molecule has 2 aliphatic rings. The van der Waals surface area contributed by atoms with E-state index in [1.807, 2.05) is 18.7 Å². The van der Waals surface area contributed by atoms with Crippen LogP contribution in [0.4, 0.5) is 0 Å². The highest BCUT2D eigenvalue weighted by Gasteiger charge is 2.51. The molecule has 30 heavy (non-hydrogen) atoms. The zero-order valence-electron chi connectivity index (χ0n) is 17.8. The van der Waals surface area contributed by atoms with Crippen molar-refractivity contribution in [2.24, 2.45) is 11.3 Å². The largest absolute Gasteiger partial charge is 0.361 e. The van der Waals surface area contributed by atoms with Gasteiger partial charge in [-0.2, -0.15) is 0 Å². The predicted molar refractivity (Wildman–Crippen MR) is 112 cm³/mol. The Bertz CT molecular complexity index is 883. The summed E-state index contributed by atoms with van der Waals surface area (Å²) in [6.45, 7) is 5.51. The molecule has 1 saturated carbocycles. The number of nitrogens with zero attached hydrogens (tertiary/aromatic N) is 3. The molecular weight excluding hydrogens is 380 g/mol. The molecular formula is C23H30N4O3. The maximum absolute atomic E-state index is 13.2. The van der Waals surface area contributed by atoms with Gasteiger partial charge in [0.25, 0.3) is 5.91 Å². The van der Waals surface area contributed by atoms with Crippen LogP contribution in [0.15, 0.2) is 29.0 Å². The van der Waals surface area contributed by atoms with E-state index < -0.39 is 0 Å². The highest BCUT2D eigenvalue weighted by molar-refractivity contribution is 5.95. The van der Waals surface area contributed by atoms with E-state index in [0.717, 1.165) is 42.7 Å². The number of hydrogen-bond acceptors (Lipinski definition) is 5. The van der Waals surface area contributed by atoms with E-state index in [1.165, 1.54) is 6.42 Å². The number of amides is 2.